The topological polar surface area (TPSA) is 53.9 Å². The molecule has 2 N–H and O–H groups in total. The predicted octanol–water partition coefficient (Wildman–Crippen LogP) is 1.30. The molecule has 0 aromatic heterocycles. The van der Waals surface area contributed by atoms with E-state index in [0.29, 0.717) is 5.17 Å². The number of rotatable bonds is 1. The molecule has 0 unspecified atom stereocenters. The molecule has 0 radical (unpaired) electrons. The molecule has 2 aliphatic heterocycles. The average molecular weight is 302 g/mol. The molecule has 110 valence electrons. The van der Waals surface area contributed by atoms with E-state index in [2.05, 4.69) is 10.3 Å². The molecule has 0 amide bonds. The first-order valence-electron chi connectivity index (χ1n) is 5.72. The number of thioether (sulfide) groups is 1. The number of nitrogens with zero attached hydrogens (tertiary/aromatic N) is 1. The van der Waals surface area contributed by atoms with Gasteiger partial charge in [0.15, 0.2) is 11.3 Å². The lowest BCUT2D eigenvalue weighted by Gasteiger charge is -2.40. The van der Waals surface area contributed by atoms with Gasteiger partial charge in [0.1, 0.15) is 17.6 Å². The first-order chi connectivity index (χ1) is 8.75. The van der Waals surface area contributed by atoms with Gasteiger partial charge in [0.05, 0.1) is 12.0 Å². The van der Waals surface area contributed by atoms with Crippen molar-refractivity contribution in [3.05, 3.63) is 0 Å². The van der Waals surface area contributed by atoms with Crippen LogP contribution < -0.4 is 5.32 Å². The van der Waals surface area contributed by atoms with Crippen LogP contribution in [0.1, 0.15) is 6.92 Å². The highest BCUT2D eigenvalue weighted by Crippen LogP contribution is 2.42. The zero-order valence-electron chi connectivity index (χ0n) is 10.2. The summed E-state index contributed by atoms with van der Waals surface area (Å²) >= 11 is 1.03. The molecule has 0 bridgehead atoms. The molecule has 0 spiro atoms. The number of aliphatic hydroxyl groups excluding tert-OH is 1. The van der Waals surface area contributed by atoms with Gasteiger partial charge in [0.25, 0.3) is 0 Å². The van der Waals surface area contributed by atoms with Gasteiger partial charge < -0.3 is 15.2 Å². The zero-order chi connectivity index (χ0) is 14.4. The van der Waals surface area contributed by atoms with Gasteiger partial charge in [-0.05, 0) is 0 Å². The van der Waals surface area contributed by atoms with Gasteiger partial charge in [-0.2, -0.15) is 13.2 Å². The maximum absolute atomic E-state index is 14.0. The number of fused-ring (bicyclic) bond motifs is 1. The van der Waals surface area contributed by atoms with Crippen molar-refractivity contribution in [2.45, 2.75) is 43.0 Å². The van der Waals surface area contributed by atoms with Crippen molar-refractivity contribution in [3.8, 4) is 0 Å². The highest BCUT2D eigenvalue weighted by molar-refractivity contribution is 8.14. The quantitative estimate of drug-likeness (QED) is 0.717. The van der Waals surface area contributed by atoms with Crippen LogP contribution >= 0.6 is 11.8 Å². The van der Waals surface area contributed by atoms with Gasteiger partial charge in [-0.1, -0.05) is 18.7 Å². The molecule has 19 heavy (non-hydrogen) atoms. The van der Waals surface area contributed by atoms with E-state index in [-0.39, 0.29) is 0 Å². The Hall–Kier alpha value is -0.540. The van der Waals surface area contributed by atoms with Crippen molar-refractivity contribution < 1.29 is 27.4 Å². The average Bonchev–Trinajstić information content (AvgIpc) is 2.75. The van der Waals surface area contributed by atoms with Crippen LogP contribution in [0.25, 0.3) is 0 Å². The second-order valence-electron chi connectivity index (χ2n) is 4.53. The third kappa shape index (κ3) is 2.68. The molecule has 6 atom stereocenters. The fourth-order valence-corrected chi connectivity index (χ4v) is 3.13. The summed E-state index contributed by atoms with van der Waals surface area (Å²) in [5, 5.41) is 12.8. The van der Waals surface area contributed by atoms with E-state index in [0.717, 1.165) is 18.7 Å². The van der Waals surface area contributed by atoms with Crippen LogP contribution in [0.3, 0.4) is 0 Å². The molecule has 0 aromatic rings. The first-order valence-corrected chi connectivity index (χ1v) is 6.60. The van der Waals surface area contributed by atoms with Crippen LogP contribution in [0.4, 0.5) is 17.6 Å². The van der Waals surface area contributed by atoms with Crippen molar-refractivity contribution in [1.29, 1.82) is 0 Å². The van der Waals surface area contributed by atoms with Gasteiger partial charge in [-0.15, -0.1) is 0 Å². The van der Waals surface area contributed by atoms with Crippen LogP contribution in [0.15, 0.2) is 4.99 Å². The Balaban J connectivity index is 2.16. The molecule has 2 aliphatic rings. The molecule has 1 saturated heterocycles. The Kier molecular flexibility index (Phi) is 3.99. The fourth-order valence-electron chi connectivity index (χ4n) is 2.08. The summed E-state index contributed by atoms with van der Waals surface area (Å²) < 4.78 is 57.2. The summed E-state index contributed by atoms with van der Waals surface area (Å²) in [6, 6.07) is -0.973. The number of nitrogens with one attached hydrogen (secondary N) is 1. The lowest BCUT2D eigenvalue weighted by atomic mass is 9.91. The summed E-state index contributed by atoms with van der Waals surface area (Å²) in [4.78, 5) is 3.94. The molecule has 4 nitrogen and oxygen atoms in total. The van der Waals surface area contributed by atoms with Gasteiger partial charge >= 0.3 is 6.18 Å². The molecule has 0 aromatic carbocycles. The van der Waals surface area contributed by atoms with E-state index in [1.807, 2.05) is 0 Å². The monoisotopic (exact) mass is 302 g/mol. The molecule has 0 aliphatic carbocycles. The van der Waals surface area contributed by atoms with Crippen molar-refractivity contribution in [2.24, 2.45) is 10.9 Å². The van der Waals surface area contributed by atoms with Gasteiger partial charge in [0, 0.05) is 7.05 Å². The minimum absolute atomic E-state index is 0.394. The SMILES string of the molecule is CNC1=N[C@@H]2[C@H](F)[C@H](O)[C@@H]([C@@H](C)C(F)(F)F)O[C@@H]2S1. The molecular weight excluding hydrogens is 288 g/mol. The molecule has 2 rings (SSSR count). The minimum Gasteiger partial charge on any atom is -0.387 e. The first kappa shape index (κ1) is 14.9. The number of alkyl halides is 4. The van der Waals surface area contributed by atoms with Crippen molar-refractivity contribution in [3.63, 3.8) is 0 Å². The van der Waals surface area contributed by atoms with Gasteiger partial charge in [-0.3, -0.25) is 4.99 Å². The van der Waals surface area contributed by atoms with E-state index in [1.165, 1.54) is 0 Å². The van der Waals surface area contributed by atoms with E-state index >= 15 is 0 Å². The molecular formula is C10H14F4N2O2S. The minimum atomic E-state index is -4.55. The Morgan fingerprint density at radius 1 is 1.47 bits per heavy atom. The number of hydrogen-bond acceptors (Lipinski definition) is 5. The van der Waals surface area contributed by atoms with Crippen LogP contribution in [0, 0.1) is 5.92 Å². The Bertz CT molecular complexity index is 379. The second kappa shape index (κ2) is 5.10. The number of halogens is 4. The number of ether oxygens (including phenoxy) is 1. The third-order valence-electron chi connectivity index (χ3n) is 3.28. The van der Waals surface area contributed by atoms with Crippen LogP contribution in [0.5, 0.6) is 0 Å². The van der Waals surface area contributed by atoms with Gasteiger partial charge in [-0.25, -0.2) is 4.39 Å². The van der Waals surface area contributed by atoms with E-state index in [9.17, 15) is 22.7 Å². The van der Waals surface area contributed by atoms with Crippen LogP contribution in [-0.2, 0) is 4.74 Å². The lowest BCUT2D eigenvalue weighted by Crippen LogP contribution is -2.56. The predicted molar refractivity (Wildman–Crippen MR) is 62.7 cm³/mol. The van der Waals surface area contributed by atoms with Crippen molar-refractivity contribution >= 4 is 16.9 Å². The smallest absolute Gasteiger partial charge is 0.387 e. The molecule has 0 saturated carbocycles. The number of hydrogen-bond donors (Lipinski definition) is 2. The Labute approximate surface area is 111 Å². The lowest BCUT2D eigenvalue weighted by molar-refractivity contribution is -0.238. The Morgan fingerprint density at radius 2 is 2.11 bits per heavy atom. The third-order valence-corrected chi connectivity index (χ3v) is 4.43. The largest absolute Gasteiger partial charge is 0.394 e. The van der Waals surface area contributed by atoms with E-state index in [4.69, 9.17) is 4.74 Å². The zero-order valence-corrected chi connectivity index (χ0v) is 11.0. The van der Waals surface area contributed by atoms with Gasteiger partial charge in [0.2, 0.25) is 0 Å². The van der Waals surface area contributed by atoms with E-state index < -0.39 is 42.0 Å². The second-order valence-corrected chi connectivity index (χ2v) is 5.61. The highest BCUT2D eigenvalue weighted by Gasteiger charge is 2.55. The molecule has 9 heteroatoms. The van der Waals surface area contributed by atoms with Crippen LogP contribution in [0.2, 0.25) is 0 Å². The fraction of sp³-hybridized carbons (Fsp3) is 0.900. The normalized spacial score (nSPS) is 40.6. The van der Waals surface area contributed by atoms with Crippen molar-refractivity contribution in [2.75, 3.05) is 7.05 Å². The number of aliphatic imine (C=N–C) groups is 1. The molecule has 1 fully saturated rings. The summed E-state index contributed by atoms with van der Waals surface area (Å²) in [5.74, 6) is -1.94. The maximum atomic E-state index is 14.0. The standard InChI is InChI=1S/C10H14F4N2O2S/c1-3(10(12,13)14)7-6(17)4(11)5-8(18-7)19-9(15-2)16-5/h3-8,17H,1-2H3,(H,15,16)/t3-,4+,5-,6+,7-,8-/m1/s1. The summed E-state index contributed by atoms with van der Waals surface area (Å²) in [6.07, 6.45) is -9.87. The molecule has 2 heterocycles. The van der Waals surface area contributed by atoms with Crippen LogP contribution in [-0.4, -0.2) is 53.4 Å². The summed E-state index contributed by atoms with van der Waals surface area (Å²) in [5.41, 5.74) is -0.837. The Morgan fingerprint density at radius 3 is 2.63 bits per heavy atom. The maximum Gasteiger partial charge on any atom is 0.394 e. The van der Waals surface area contributed by atoms with Crippen molar-refractivity contribution in [1.82, 2.24) is 5.32 Å². The summed E-state index contributed by atoms with van der Waals surface area (Å²) in [6.45, 7) is 0.875. The number of aliphatic hydroxyl groups is 1. The number of amidine groups is 1. The summed E-state index contributed by atoms with van der Waals surface area (Å²) in [7, 11) is 1.57. The van der Waals surface area contributed by atoms with E-state index in [1.54, 1.807) is 7.05 Å². The highest BCUT2D eigenvalue weighted by atomic mass is 32.2.